The van der Waals surface area contributed by atoms with Gasteiger partial charge in [0.2, 0.25) is 11.8 Å². The van der Waals surface area contributed by atoms with E-state index in [4.69, 9.17) is 4.52 Å². The van der Waals surface area contributed by atoms with Crippen LogP contribution in [0.1, 0.15) is 73.3 Å². The summed E-state index contributed by atoms with van der Waals surface area (Å²) in [5, 5.41) is 7.62. The molecule has 2 aromatic heterocycles. The van der Waals surface area contributed by atoms with Crippen LogP contribution in [0.5, 0.6) is 0 Å². The SMILES string of the molecule is Cc1cc(C(=O)N2C[C@@H]3C[C@H]2C(=O)NCCCCN(Cc2ccc(S(C)(=O)=O)cc2)CCCN3C(=O)CC(C)C)c2c(C)noc2n1. The number of aryl methyl sites for hydroxylation is 2. The Bertz CT molecular complexity index is 1720. The molecule has 2 aliphatic rings. The van der Waals surface area contributed by atoms with Crippen LogP contribution in [0, 0.1) is 19.8 Å². The third kappa shape index (κ3) is 8.18. The molecule has 254 valence electrons. The molecule has 2 saturated heterocycles. The number of aromatic nitrogens is 2. The summed E-state index contributed by atoms with van der Waals surface area (Å²) in [7, 11) is -3.27. The van der Waals surface area contributed by atoms with Gasteiger partial charge in [0.1, 0.15) is 6.04 Å². The van der Waals surface area contributed by atoms with Crippen LogP contribution < -0.4 is 5.32 Å². The van der Waals surface area contributed by atoms with E-state index in [1.807, 2.05) is 30.9 Å². The monoisotopic (exact) mass is 666 g/mol. The number of likely N-dealkylation sites (tertiary alicyclic amines) is 1. The summed E-state index contributed by atoms with van der Waals surface area (Å²) in [6.45, 7) is 11.0. The topological polar surface area (TPSA) is 146 Å². The maximum atomic E-state index is 14.2. The number of hydrogen-bond acceptors (Lipinski definition) is 9. The minimum absolute atomic E-state index is 0.0190. The van der Waals surface area contributed by atoms with Crippen LogP contribution in [0.3, 0.4) is 0 Å². The molecule has 4 heterocycles. The number of benzene rings is 1. The lowest BCUT2D eigenvalue weighted by Gasteiger charge is -2.31. The van der Waals surface area contributed by atoms with E-state index in [9.17, 15) is 22.8 Å². The van der Waals surface area contributed by atoms with Crippen molar-refractivity contribution in [1.82, 2.24) is 30.2 Å². The molecule has 0 saturated carbocycles. The first-order valence-corrected chi connectivity index (χ1v) is 18.3. The van der Waals surface area contributed by atoms with Crippen LogP contribution in [-0.4, -0.2) is 102 Å². The zero-order chi connectivity index (χ0) is 33.9. The number of sulfone groups is 1. The number of nitrogens with zero attached hydrogens (tertiary/aromatic N) is 5. The molecule has 3 aromatic rings. The van der Waals surface area contributed by atoms with Gasteiger partial charge < -0.3 is 19.6 Å². The third-order valence-electron chi connectivity index (χ3n) is 8.99. The Hall–Kier alpha value is -3.84. The quantitative estimate of drug-likeness (QED) is 0.418. The van der Waals surface area contributed by atoms with Crippen molar-refractivity contribution in [3.05, 3.63) is 52.8 Å². The van der Waals surface area contributed by atoms with E-state index in [1.54, 1.807) is 36.9 Å². The molecule has 13 heteroatoms. The molecule has 0 spiro atoms. The normalized spacial score (nSPS) is 20.4. The van der Waals surface area contributed by atoms with Gasteiger partial charge in [-0.3, -0.25) is 19.3 Å². The summed E-state index contributed by atoms with van der Waals surface area (Å²) < 4.78 is 29.2. The van der Waals surface area contributed by atoms with E-state index in [-0.39, 0.29) is 41.9 Å². The van der Waals surface area contributed by atoms with Crippen LogP contribution in [0.15, 0.2) is 39.8 Å². The van der Waals surface area contributed by atoms with Crippen LogP contribution in [0.25, 0.3) is 11.1 Å². The van der Waals surface area contributed by atoms with Crippen molar-refractivity contribution < 1.29 is 27.3 Å². The predicted octanol–water partition coefficient (Wildman–Crippen LogP) is 3.50. The van der Waals surface area contributed by atoms with Gasteiger partial charge in [0, 0.05) is 51.1 Å². The van der Waals surface area contributed by atoms with Gasteiger partial charge in [-0.05, 0) is 75.8 Å². The number of rotatable bonds is 6. The summed E-state index contributed by atoms with van der Waals surface area (Å²) in [5.41, 5.74) is 2.84. The van der Waals surface area contributed by atoms with Gasteiger partial charge in [-0.15, -0.1) is 0 Å². The van der Waals surface area contributed by atoms with Crippen molar-refractivity contribution >= 4 is 38.7 Å². The molecule has 2 atom stereocenters. The number of amides is 3. The number of carbonyl (C=O) groups excluding carboxylic acids is 3. The van der Waals surface area contributed by atoms with E-state index in [0.29, 0.717) is 59.7 Å². The highest BCUT2D eigenvalue weighted by atomic mass is 32.2. The van der Waals surface area contributed by atoms with Crippen molar-refractivity contribution in [1.29, 1.82) is 0 Å². The summed E-state index contributed by atoms with van der Waals surface area (Å²) in [6, 6.07) is 7.66. The van der Waals surface area contributed by atoms with Crippen molar-refractivity contribution in [2.24, 2.45) is 5.92 Å². The lowest BCUT2D eigenvalue weighted by molar-refractivity contribution is -0.134. The van der Waals surface area contributed by atoms with Gasteiger partial charge in [0.05, 0.1) is 27.6 Å². The Kier molecular flexibility index (Phi) is 10.6. The number of carbonyl (C=O) groups is 3. The average Bonchev–Trinajstić information content (AvgIpc) is 3.61. The summed E-state index contributed by atoms with van der Waals surface area (Å²) in [5.74, 6) is -0.348. The summed E-state index contributed by atoms with van der Waals surface area (Å²) in [4.78, 5) is 52.1. The second kappa shape index (κ2) is 14.5. The predicted molar refractivity (Wildman–Crippen MR) is 177 cm³/mol. The Morgan fingerprint density at radius 2 is 1.77 bits per heavy atom. The number of pyridine rings is 1. The van der Waals surface area contributed by atoms with E-state index in [0.717, 1.165) is 37.9 Å². The largest absolute Gasteiger partial charge is 0.354 e. The third-order valence-corrected chi connectivity index (χ3v) is 10.1. The van der Waals surface area contributed by atoms with Crippen molar-refractivity contribution in [3.63, 3.8) is 0 Å². The first kappa shape index (κ1) is 34.5. The molecule has 47 heavy (non-hydrogen) atoms. The molecule has 2 fully saturated rings. The Morgan fingerprint density at radius 3 is 2.47 bits per heavy atom. The van der Waals surface area contributed by atoms with Crippen LogP contribution in [0.2, 0.25) is 0 Å². The lowest BCUT2D eigenvalue weighted by atomic mass is 10.1. The van der Waals surface area contributed by atoms with Crippen molar-refractivity contribution in [3.8, 4) is 0 Å². The van der Waals surface area contributed by atoms with Gasteiger partial charge >= 0.3 is 0 Å². The molecule has 1 N–H and O–H groups in total. The van der Waals surface area contributed by atoms with E-state index >= 15 is 0 Å². The molecule has 0 aliphatic carbocycles. The molecule has 3 amide bonds. The molecular weight excluding hydrogens is 620 g/mol. The Labute approximate surface area is 276 Å². The molecule has 5 rings (SSSR count). The molecule has 0 radical (unpaired) electrons. The summed E-state index contributed by atoms with van der Waals surface area (Å²) in [6.07, 6.45) is 4.26. The molecule has 2 bridgehead atoms. The lowest BCUT2D eigenvalue weighted by Crippen LogP contribution is -2.46. The second-order valence-corrected chi connectivity index (χ2v) is 15.4. The number of fused-ring (bicyclic) bond motifs is 3. The first-order valence-electron chi connectivity index (χ1n) is 16.4. The highest BCUT2D eigenvalue weighted by molar-refractivity contribution is 7.90. The number of hydrogen-bond donors (Lipinski definition) is 1. The van der Waals surface area contributed by atoms with Gasteiger partial charge in [-0.25, -0.2) is 13.4 Å². The maximum absolute atomic E-state index is 14.2. The molecule has 12 nitrogen and oxygen atoms in total. The molecule has 1 aromatic carbocycles. The van der Waals surface area contributed by atoms with Crippen LogP contribution in [0.4, 0.5) is 0 Å². The van der Waals surface area contributed by atoms with Gasteiger partial charge in [-0.1, -0.05) is 31.1 Å². The molecule has 0 unspecified atom stereocenters. The Balaban J connectivity index is 1.40. The molecular formula is C34H46N6O6S. The van der Waals surface area contributed by atoms with E-state index in [2.05, 4.69) is 20.4 Å². The smallest absolute Gasteiger partial charge is 0.258 e. The number of nitrogens with one attached hydrogen (secondary N) is 1. The minimum atomic E-state index is -3.27. The first-order chi connectivity index (χ1) is 22.3. The second-order valence-electron chi connectivity index (χ2n) is 13.4. The minimum Gasteiger partial charge on any atom is -0.354 e. The Morgan fingerprint density at radius 1 is 1.04 bits per heavy atom. The van der Waals surface area contributed by atoms with E-state index in [1.165, 1.54) is 6.26 Å². The van der Waals surface area contributed by atoms with Gasteiger partial charge in [0.15, 0.2) is 9.84 Å². The molecule has 2 aliphatic heterocycles. The maximum Gasteiger partial charge on any atom is 0.258 e. The fourth-order valence-electron chi connectivity index (χ4n) is 6.66. The highest BCUT2D eigenvalue weighted by Crippen LogP contribution is 2.30. The van der Waals surface area contributed by atoms with Crippen molar-refractivity contribution in [2.45, 2.75) is 83.3 Å². The van der Waals surface area contributed by atoms with Crippen molar-refractivity contribution in [2.75, 3.05) is 39.0 Å². The zero-order valence-electron chi connectivity index (χ0n) is 28.0. The van der Waals surface area contributed by atoms with Gasteiger partial charge in [0.25, 0.3) is 11.6 Å². The summed E-state index contributed by atoms with van der Waals surface area (Å²) >= 11 is 0. The average molecular weight is 667 g/mol. The van der Waals surface area contributed by atoms with Gasteiger partial charge in [-0.2, -0.15) is 0 Å². The fraction of sp³-hybridized carbons (Fsp3) is 0.559. The fourth-order valence-corrected chi connectivity index (χ4v) is 7.29. The van der Waals surface area contributed by atoms with Crippen LogP contribution >= 0.6 is 0 Å². The van der Waals surface area contributed by atoms with E-state index < -0.39 is 15.9 Å². The highest BCUT2D eigenvalue weighted by Gasteiger charge is 2.43. The van der Waals surface area contributed by atoms with Crippen LogP contribution in [-0.2, 0) is 26.0 Å². The zero-order valence-corrected chi connectivity index (χ0v) is 28.8. The standard InChI is InChI=1S/C34H46N6O6S/c1-22(2)17-30(41)39-16-8-15-38(20-25-9-11-27(12-10-25)47(5,44)45)14-7-6-13-35-32(42)29-19-26(39)21-40(29)34(43)28-18-23(3)36-33-31(28)24(4)37-46-33/h9-12,18,22,26,29H,6-8,13-17,19-21H2,1-5H3,(H,35,42)/t26-,29-/m0/s1.